The number of non-ortho nitro benzene ring substituents is 1. The van der Waals surface area contributed by atoms with E-state index in [-0.39, 0.29) is 10.9 Å². The van der Waals surface area contributed by atoms with Crippen molar-refractivity contribution in [2.45, 2.75) is 11.1 Å². The summed E-state index contributed by atoms with van der Waals surface area (Å²) in [5.41, 5.74) is -0.454. The van der Waals surface area contributed by atoms with Gasteiger partial charge in [-0.1, -0.05) is 0 Å². The highest BCUT2D eigenvalue weighted by atomic mass is 32.2. The first kappa shape index (κ1) is 20.1. The number of alkyl halides is 3. The Bertz CT molecular complexity index is 693. The maximum atomic E-state index is 12.7. The first-order valence-electron chi connectivity index (χ1n) is 6.41. The molecule has 0 bridgehead atoms. The van der Waals surface area contributed by atoms with E-state index in [4.69, 9.17) is 4.74 Å². The molecule has 0 aliphatic rings. The Kier molecular flexibility index (Phi) is 6.51. The lowest BCUT2D eigenvalue weighted by Gasteiger charge is -2.23. The summed E-state index contributed by atoms with van der Waals surface area (Å²) in [6.07, 6.45) is -4.77. The van der Waals surface area contributed by atoms with Crippen molar-refractivity contribution in [1.29, 1.82) is 0 Å². The van der Waals surface area contributed by atoms with Crippen LogP contribution in [-0.2, 0) is 14.8 Å². The van der Waals surface area contributed by atoms with E-state index in [1.807, 2.05) is 0 Å². The minimum atomic E-state index is -4.77. The van der Waals surface area contributed by atoms with E-state index in [9.17, 15) is 31.7 Å². The molecule has 24 heavy (non-hydrogen) atoms. The molecule has 0 fully saturated rings. The zero-order valence-electron chi connectivity index (χ0n) is 12.7. The lowest BCUT2D eigenvalue weighted by molar-refractivity contribution is -0.385. The molecule has 0 saturated carbocycles. The Balaban J connectivity index is 3.34. The van der Waals surface area contributed by atoms with Gasteiger partial charge in [-0.25, -0.2) is 8.42 Å². The Labute approximate surface area is 136 Å². The molecule has 1 aromatic rings. The second kappa shape index (κ2) is 7.77. The zero-order chi connectivity index (χ0) is 18.5. The lowest BCUT2D eigenvalue weighted by atomic mass is 10.3. The van der Waals surface area contributed by atoms with Crippen molar-refractivity contribution in [3.05, 3.63) is 28.3 Å². The van der Waals surface area contributed by atoms with Gasteiger partial charge in [-0.05, 0) is 6.07 Å². The number of halogens is 3. The fourth-order valence-corrected chi connectivity index (χ4v) is 3.35. The predicted octanol–water partition coefficient (Wildman–Crippen LogP) is 1.80. The third-order valence-electron chi connectivity index (χ3n) is 2.88. The number of nitro benzene ring substituents is 1. The van der Waals surface area contributed by atoms with Gasteiger partial charge in [-0.2, -0.15) is 17.5 Å². The Hall–Kier alpha value is -1.92. The minimum absolute atomic E-state index is 0.181. The highest BCUT2D eigenvalue weighted by Crippen LogP contribution is 2.31. The molecule has 0 aromatic heterocycles. The predicted molar refractivity (Wildman–Crippen MR) is 76.3 cm³/mol. The van der Waals surface area contributed by atoms with E-state index in [1.54, 1.807) is 0 Å². The van der Waals surface area contributed by atoms with Crippen molar-refractivity contribution in [1.82, 2.24) is 4.31 Å². The van der Waals surface area contributed by atoms with Crippen molar-refractivity contribution in [2.24, 2.45) is 0 Å². The van der Waals surface area contributed by atoms with Crippen LogP contribution in [0.3, 0.4) is 0 Å². The summed E-state index contributed by atoms with van der Waals surface area (Å²) >= 11 is 0. The molecule has 1 rings (SSSR count). The summed E-state index contributed by atoms with van der Waals surface area (Å²) in [6, 6.07) is 2.54. The van der Waals surface area contributed by atoms with Crippen LogP contribution in [0, 0.1) is 10.1 Å². The van der Waals surface area contributed by atoms with Gasteiger partial charge in [0.05, 0.1) is 24.7 Å². The van der Waals surface area contributed by atoms with Crippen molar-refractivity contribution in [3.63, 3.8) is 0 Å². The average Bonchev–Trinajstić information content (AvgIpc) is 2.49. The Morgan fingerprint density at radius 3 is 2.38 bits per heavy atom. The maximum Gasteiger partial charge on any atom is 0.402 e. The van der Waals surface area contributed by atoms with Crippen LogP contribution in [0.2, 0.25) is 0 Å². The summed E-state index contributed by atoms with van der Waals surface area (Å²) in [5.74, 6) is -0.422. The van der Waals surface area contributed by atoms with Gasteiger partial charge in [0, 0.05) is 19.7 Å². The molecule has 0 aliphatic carbocycles. The number of sulfonamides is 1. The quantitative estimate of drug-likeness (QED) is 0.510. The molecule has 0 atom stereocenters. The van der Waals surface area contributed by atoms with Crippen LogP contribution in [0.5, 0.6) is 5.75 Å². The molecule has 0 spiro atoms. The highest BCUT2D eigenvalue weighted by molar-refractivity contribution is 7.89. The second-order valence-corrected chi connectivity index (χ2v) is 6.45. The summed E-state index contributed by atoms with van der Waals surface area (Å²) in [5, 5.41) is 10.7. The number of benzene rings is 1. The number of hydrogen-bond donors (Lipinski definition) is 0. The SMILES string of the molecule is COCCN(CC(F)(F)F)S(=O)(=O)c1ccc([N+](=O)[O-])cc1OC. The van der Waals surface area contributed by atoms with Crippen LogP contribution in [-0.4, -0.2) is 57.7 Å². The smallest absolute Gasteiger partial charge is 0.402 e. The normalized spacial score (nSPS) is 12.4. The van der Waals surface area contributed by atoms with Gasteiger partial charge < -0.3 is 9.47 Å². The van der Waals surface area contributed by atoms with E-state index in [1.165, 1.54) is 7.11 Å². The molecular weight excluding hydrogens is 357 g/mol. The van der Waals surface area contributed by atoms with E-state index < -0.39 is 50.5 Å². The van der Waals surface area contributed by atoms with Gasteiger partial charge in [0.25, 0.3) is 5.69 Å². The number of ether oxygens (including phenoxy) is 2. The van der Waals surface area contributed by atoms with Gasteiger partial charge in [-0.15, -0.1) is 0 Å². The minimum Gasteiger partial charge on any atom is -0.495 e. The zero-order valence-corrected chi connectivity index (χ0v) is 13.6. The fraction of sp³-hybridized carbons (Fsp3) is 0.500. The number of rotatable bonds is 8. The van der Waals surface area contributed by atoms with E-state index in [0.29, 0.717) is 0 Å². The molecule has 8 nitrogen and oxygen atoms in total. The molecule has 1 aromatic carbocycles. The molecule has 136 valence electrons. The molecule has 0 amide bonds. The van der Waals surface area contributed by atoms with Crippen LogP contribution in [0.4, 0.5) is 18.9 Å². The topological polar surface area (TPSA) is 99.0 Å². The first-order valence-corrected chi connectivity index (χ1v) is 7.85. The summed E-state index contributed by atoms with van der Waals surface area (Å²) in [4.78, 5) is 9.34. The molecular formula is C12H15F3N2O6S. The summed E-state index contributed by atoms with van der Waals surface area (Å²) in [7, 11) is -2.34. The van der Waals surface area contributed by atoms with Crippen LogP contribution < -0.4 is 4.74 Å². The largest absolute Gasteiger partial charge is 0.495 e. The van der Waals surface area contributed by atoms with Gasteiger partial charge in [0.15, 0.2) is 0 Å². The van der Waals surface area contributed by atoms with Crippen molar-refractivity contribution < 1.29 is 36.0 Å². The number of hydrogen-bond acceptors (Lipinski definition) is 6. The fourth-order valence-electron chi connectivity index (χ4n) is 1.80. The van der Waals surface area contributed by atoms with Crippen molar-refractivity contribution >= 4 is 15.7 Å². The van der Waals surface area contributed by atoms with Gasteiger partial charge in [0.2, 0.25) is 10.0 Å². The van der Waals surface area contributed by atoms with Gasteiger partial charge >= 0.3 is 6.18 Å². The van der Waals surface area contributed by atoms with Crippen LogP contribution in [0.25, 0.3) is 0 Å². The molecule has 0 saturated heterocycles. The lowest BCUT2D eigenvalue weighted by Crippen LogP contribution is -2.40. The molecule has 0 unspecified atom stereocenters. The molecule has 12 heteroatoms. The molecule has 0 N–H and O–H groups in total. The van der Waals surface area contributed by atoms with Crippen molar-refractivity contribution in [3.8, 4) is 5.75 Å². The highest BCUT2D eigenvalue weighted by Gasteiger charge is 2.38. The van der Waals surface area contributed by atoms with Crippen LogP contribution >= 0.6 is 0 Å². The van der Waals surface area contributed by atoms with Crippen LogP contribution in [0.15, 0.2) is 23.1 Å². The number of nitro groups is 1. The van der Waals surface area contributed by atoms with Crippen molar-refractivity contribution in [2.75, 3.05) is 33.9 Å². The second-order valence-electron chi connectivity index (χ2n) is 4.54. The van der Waals surface area contributed by atoms with E-state index >= 15 is 0 Å². The van der Waals surface area contributed by atoms with Gasteiger partial charge in [0.1, 0.15) is 17.2 Å². The molecule has 0 radical (unpaired) electrons. The summed E-state index contributed by atoms with van der Waals surface area (Å²) in [6.45, 7) is -2.53. The monoisotopic (exact) mass is 372 g/mol. The van der Waals surface area contributed by atoms with E-state index in [2.05, 4.69) is 4.74 Å². The molecule has 0 heterocycles. The Morgan fingerprint density at radius 2 is 1.92 bits per heavy atom. The first-order chi connectivity index (χ1) is 11.0. The third-order valence-corrected chi connectivity index (χ3v) is 4.76. The Morgan fingerprint density at radius 1 is 1.29 bits per heavy atom. The van der Waals surface area contributed by atoms with E-state index in [0.717, 1.165) is 25.3 Å². The third kappa shape index (κ3) is 5.04. The average molecular weight is 372 g/mol. The van der Waals surface area contributed by atoms with Gasteiger partial charge in [-0.3, -0.25) is 10.1 Å². The number of methoxy groups -OCH3 is 2. The standard InChI is InChI=1S/C12H15F3N2O6S/c1-22-6-5-16(8-12(13,14)15)24(20,21)11-4-3-9(17(18)19)7-10(11)23-2/h3-4,7H,5-6,8H2,1-2H3. The maximum absolute atomic E-state index is 12.7. The summed E-state index contributed by atoms with van der Waals surface area (Å²) < 4.78 is 72.6. The number of nitrogens with zero attached hydrogens (tertiary/aromatic N) is 2. The van der Waals surface area contributed by atoms with Crippen LogP contribution in [0.1, 0.15) is 0 Å². The molecule has 0 aliphatic heterocycles.